The zero-order chi connectivity index (χ0) is 9.42. The fourth-order valence-electron chi connectivity index (χ4n) is 1.30. The van der Waals surface area contributed by atoms with Crippen LogP contribution >= 0.6 is 0 Å². The molecule has 1 heterocycles. The van der Waals surface area contributed by atoms with E-state index in [4.69, 9.17) is 5.11 Å². The first-order valence-corrected chi connectivity index (χ1v) is 3.99. The maximum absolute atomic E-state index is 11.0. The molecule has 0 aliphatic heterocycles. The lowest BCUT2D eigenvalue weighted by Crippen LogP contribution is -2.04. The number of nitrogens with one attached hydrogen (secondary N) is 1. The molecule has 0 aliphatic rings. The quantitative estimate of drug-likeness (QED) is 0.638. The van der Waals surface area contributed by atoms with Crippen LogP contribution in [-0.4, -0.2) is 10.1 Å². The zero-order valence-electron chi connectivity index (χ0n) is 7.16. The Kier molecular flexibility index (Phi) is 1.59. The molecule has 0 saturated carbocycles. The van der Waals surface area contributed by atoms with E-state index in [1.807, 2.05) is 25.1 Å². The predicted octanol–water partition coefficient (Wildman–Crippen LogP) is 1.54. The summed E-state index contributed by atoms with van der Waals surface area (Å²) in [6, 6.07) is 7.13. The molecular formula is C10H9NO2. The summed E-state index contributed by atoms with van der Waals surface area (Å²) in [5, 5.41) is 9.98. The Balaban J connectivity index is 2.89. The van der Waals surface area contributed by atoms with E-state index in [1.54, 1.807) is 0 Å². The van der Waals surface area contributed by atoms with Crippen molar-refractivity contribution in [2.75, 3.05) is 0 Å². The first-order chi connectivity index (χ1) is 6.16. The first-order valence-electron chi connectivity index (χ1n) is 3.99. The Morgan fingerprint density at radius 1 is 1.31 bits per heavy atom. The Morgan fingerprint density at radius 3 is 2.85 bits per heavy atom. The Bertz CT molecular complexity index is 514. The SMILES string of the molecule is Cc1ccc2cc(O)c(=O)[nH]c2c1. The van der Waals surface area contributed by atoms with E-state index >= 15 is 0 Å². The van der Waals surface area contributed by atoms with Crippen LogP contribution < -0.4 is 5.56 Å². The number of rotatable bonds is 0. The summed E-state index contributed by atoms with van der Waals surface area (Å²) in [6.45, 7) is 1.95. The van der Waals surface area contributed by atoms with E-state index in [0.717, 1.165) is 16.5 Å². The van der Waals surface area contributed by atoms with Gasteiger partial charge in [-0.1, -0.05) is 12.1 Å². The van der Waals surface area contributed by atoms with Gasteiger partial charge in [-0.05, 0) is 24.6 Å². The highest BCUT2D eigenvalue weighted by molar-refractivity contribution is 5.80. The summed E-state index contributed by atoms with van der Waals surface area (Å²) in [5.74, 6) is -0.239. The molecule has 0 atom stereocenters. The fraction of sp³-hybridized carbons (Fsp3) is 0.100. The van der Waals surface area contributed by atoms with Crippen molar-refractivity contribution in [1.29, 1.82) is 0 Å². The molecule has 0 unspecified atom stereocenters. The highest BCUT2D eigenvalue weighted by atomic mass is 16.3. The number of aromatic nitrogens is 1. The summed E-state index contributed by atoms with van der Waals surface area (Å²) >= 11 is 0. The minimum Gasteiger partial charge on any atom is -0.503 e. The molecule has 0 spiro atoms. The standard InChI is InChI=1S/C10H9NO2/c1-6-2-3-7-5-9(12)10(13)11-8(7)4-6/h2-5,12H,1H3,(H,11,13). The molecular weight excluding hydrogens is 166 g/mol. The van der Waals surface area contributed by atoms with Crippen molar-refractivity contribution in [2.45, 2.75) is 6.92 Å². The van der Waals surface area contributed by atoms with Crippen LogP contribution in [0.15, 0.2) is 29.1 Å². The molecule has 2 N–H and O–H groups in total. The minimum absolute atomic E-state index is 0.239. The van der Waals surface area contributed by atoms with Crippen molar-refractivity contribution in [3.63, 3.8) is 0 Å². The maximum atomic E-state index is 11.0. The number of H-pyrrole nitrogens is 1. The number of pyridine rings is 1. The third-order valence-corrected chi connectivity index (χ3v) is 1.98. The van der Waals surface area contributed by atoms with Gasteiger partial charge in [0.1, 0.15) is 0 Å². The van der Waals surface area contributed by atoms with Crippen LogP contribution in [0, 0.1) is 6.92 Å². The largest absolute Gasteiger partial charge is 0.503 e. The van der Waals surface area contributed by atoms with Crippen molar-refractivity contribution in [3.8, 4) is 5.75 Å². The van der Waals surface area contributed by atoms with Gasteiger partial charge in [-0.3, -0.25) is 4.79 Å². The number of aromatic amines is 1. The van der Waals surface area contributed by atoms with E-state index in [1.165, 1.54) is 6.07 Å². The summed E-state index contributed by atoms with van der Waals surface area (Å²) in [7, 11) is 0. The Labute approximate surface area is 74.7 Å². The maximum Gasteiger partial charge on any atom is 0.290 e. The van der Waals surface area contributed by atoms with Crippen LogP contribution in [0.1, 0.15) is 5.56 Å². The van der Waals surface area contributed by atoms with Crippen molar-refractivity contribution >= 4 is 10.9 Å². The van der Waals surface area contributed by atoms with Crippen LogP contribution in [0.2, 0.25) is 0 Å². The summed E-state index contributed by atoms with van der Waals surface area (Å²) < 4.78 is 0. The third-order valence-electron chi connectivity index (χ3n) is 1.98. The van der Waals surface area contributed by atoms with E-state index in [9.17, 15) is 4.79 Å². The van der Waals surface area contributed by atoms with Crippen LogP contribution in [0.5, 0.6) is 5.75 Å². The van der Waals surface area contributed by atoms with E-state index in [0.29, 0.717) is 0 Å². The summed E-state index contributed by atoms with van der Waals surface area (Å²) in [4.78, 5) is 13.6. The summed E-state index contributed by atoms with van der Waals surface area (Å²) in [5.41, 5.74) is 1.38. The van der Waals surface area contributed by atoms with Crippen molar-refractivity contribution in [3.05, 3.63) is 40.2 Å². The Hall–Kier alpha value is -1.77. The van der Waals surface area contributed by atoms with Gasteiger partial charge in [0.05, 0.1) is 0 Å². The lowest BCUT2D eigenvalue weighted by atomic mass is 10.1. The number of fused-ring (bicyclic) bond motifs is 1. The normalized spacial score (nSPS) is 10.5. The number of aryl methyl sites for hydroxylation is 1. The molecule has 1 aromatic heterocycles. The van der Waals surface area contributed by atoms with Crippen LogP contribution in [-0.2, 0) is 0 Å². The number of benzene rings is 1. The zero-order valence-corrected chi connectivity index (χ0v) is 7.16. The molecule has 0 amide bonds. The predicted molar refractivity (Wildman–Crippen MR) is 51.0 cm³/mol. The van der Waals surface area contributed by atoms with Gasteiger partial charge in [0, 0.05) is 10.9 Å². The topological polar surface area (TPSA) is 53.1 Å². The number of aromatic hydroxyl groups is 1. The molecule has 66 valence electrons. The van der Waals surface area contributed by atoms with E-state index in [-0.39, 0.29) is 5.75 Å². The third kappa shape index (κ3) is 1.28. The molecule has 0 radical (unpaired) electrons. The van der Waals surface area contributed by atoms with Crippen LogP contribution in [0.25, 0.3) is 10.9 Å². The van der Waals surface area contributed by atoms with E-state index in [2.05, 4.69) is 4.98 Å². The average molecular weight is 175 g/mol. The second-order valence-electron chi connectivity index (χ2n) is 3.07. The molecule has 3 heteroatoms. The van der Waals surface area contributed by atoms with Gasteiger partial charge < -0.3 is 10.1 Å². The van der Waals surface area contributed by atoms with Gasteiger partial charge in [-0.15, -0.1) is 0 Å². The highest BCUT2D eigenvalue weighted by Gasteiger charge is 1.99. The number of hydrogen-bond acceptors (Lipinski definition) is 2. The fourth-order valence-corrected chi connectivity index (χ4v) is 1.30. The molecule has 0 saturated heterocycles. The second kappa shape index (κ2) is 2.62. The van der Waals surface area contributed by atoms with Gasteiger partial charge in [-0.25, -0.2) is 0 Å². The average Bonchev–Trinajstić information content (AvgIpc) is 2.08. The molecule has 3 nitrogen and oxygen atoms in total. The van der Waals surface area contributed by atoms with Crippen LogP contribution in [0.3, 0.4) is 0 Å². The molecule has 2 rings (SSSR count). The summed E-state index contributed by atoms with van der Waals surface area (Å²) in [6.07, 6.45) is 0. The highest BCUT2D eigenvalue weighted by Crippen LogP contribution is 2.14. The minimum atomic E-state index is -0.446. The van der Waals surface area contributed by atoms with Crippen molar-refractivity contribution in [1.82, 2.24) is 4.98 Å². The molecule has 0 bridgehead atoms. The lowest BCUT2D eigenvalue weighted by Gasteiger charge is -1.99. The van der Waals surface area contributed by atoms with Gasteiger partial charge in [0.2, 0.25) is 0 Å². The molecule has 1 aromatic carbocycles. The first kappa shape index (κ1) is 7.86. The molecule has 0 aliphatic carbocycles. The van der Waals surface area contributed by atoms with Gasteiger partial charge in [0.25, 0.3) is 5.56 Å². The van der Waals surface area contributed by atoms with Gasteiger partial charge in [0.15, 0.2) is 5.75 Å². The molecule has 2 aromatic rings. The van der Waals surface area contributed by atoms with Gasteiger partial charge >= 0.3 is 0 Å². The Morgan fingerprint density at radius 2 is 2.08 bits per heavy atom. The second-order valence-corrected chi connectivity index (χ2v) is 3.07. The van der Waals surface area contributed by atoms with E-state index < -0.39 is 5.56 Å². The molecule has 13 heavy (non-hydrogen) atoms. The smallest absolute Gasteiger partial charge is 0.290 e. The van der Waals surface area contributed by atoms with Gasteiger partial charge in [-0.2, -0.15) is 0 Å². The van der Waals surface area contributed by atoms with Crippen LogP contribution in [0.4, 0.5) is 0 Å². The monoisotopic (exact) mass is 175 g/mol. The lowest BCUT2D eigenvalue weighted by molar-refractivity contribution is 0.468. The van der Waals surface area contributed by atoms with Crippen molar-refractivity contribution in [2.24, 2.45) is 0 Å². The number of hydrogen-bond donors (Lipinski definition) is 2. The molecule has 0 fully saturated rings. The van der Waals surface area contributed by atoms with Crippen molar-refractivity contribution < 1.29 is 5.11 Å².